The molecule has 0 aromatic heterocycles. The lowest BCUT2D eigenvalue weighted by molar-refractivity contribution is -0.107. The molecule has 2 aromatic carbocycles. The predicted molar refractivity (Wildman–Crippen MR) is 178 cm³/mol. The van der Waals surface area contributed by atoms with Crippen LogP contribution in [-0.2, 0) is 16.6 Å². The lowest BCUT2D eigenvalue weighted by atomic mass is 9.62. The monoisotopic (exact) mass is 621 g/mol. The van der Waals surface area contributed by atoms with E-state index in [2.05, 4.69) is 47.7 Å². The fourth-order valence-corrected chi connectivity index (χ4v) is 6.64. The first-order valence-corrected chi connectivity index (χ1v) is 15.1. The van der Waals surface area contributed by atoms with Gasteiger partial charge >= 0.3 is 0 Å². The van der Waals surface area contributed by atoms with Crippen LogP contribution in [0, 0.1) is 28.6 Å². The van der Waals surface area contributed by atoms with Gasteiger partial charge in [-0.2, -0.15) is 5.26 Å². The van der Waals surface area contributed by atoms with Crippen LogP contribution in [0.25, 0.3) is 0 Å². The maximum Gasteiger partial charge on any atom is 0.248 e. The van der Waals surface area contributed by atoms with Crippen LogP contribution in [-0.4, -0.2) is 68.0 Å². The summed E-state index contributed by atoms with van der Waals surface area (Å²) in [6, 6.07) is 13.7. The Bertz CT molecular complexity index is 1360. The summed E-state index contributed by atoms with van der Waals surface area (Å²) in [5, 5.41) is 20.3. The van der Waals surface area contributed by atoms with Crippen LogP contribution in [0.1, 0.15) is 83.5 Å². The molecule has 2 aliphatic carbocycles. The fourth-order valence-electron chi connectivity index (χ4n) is 6.64. The van der Waals surface area contributed by atoms with Gasteiger partial charge in [-0.25, -0.2) is 0 Å². The molecule has 1 aliphatic heterocycles. The topological polar surface area (TPSA) is 244 Å². The molecule has 2 aromatic rings. The second-order valence-corrected chi connectivity index (χ2v) is 11.0. The highest BCUT2D eigenvalue weighted by Crippen LogP contribution is 2.52. The van der Waals surface area contributed by atoms with Crippen LogP contribution in [0.3, 0.4) is 0 Å². The van der Waals surface area contributed by atoms with Gasteiger partial charge in [0.05, 0.1) is 24.1 Å². The fraction of sp³-hybridized carbons (Fsp3) is 0.485. The minimum Gasteiger partial charge on any atom is -0.387 e. The molecule has 2 fully saturated rings. The molecule has 12 N–H and O–H groups in total. The van der Waals surface area contributed by atoms with Gasteiger partial charge in [-0.3, -0.25) is 31.6 Å². The van der Waals surface area contributed by atoms with Gasteiger partial charge < -0.3 is 27.3 Å². The standard InChI is InChI=1S/C22H24N4O3.C8H12N2.C2H6.CH5N.H4N2/c1-13(26-6-7-27)11-22(21(24)25)18-4-2-14(12-28)8-16(18)10-17-9-15(20(23)29)3-5-19(17)22;1-5-7-3-6(4-9)10(2)8(5)7;3*1-2/h2-5,7-9,12-13,26H,6,10-11H2,1H3,(H2,23,29)(H3,24,25);5-8H,3H2,1-2H3;1-2H3;2H2,1H3;1-2H2/t13-,22?;;;;/m1..../s1. The summed E-state index contributed by atoms with van der Waals surface area (Å²) in [6.07, 6.45) is 3.61. The molecule has 1 amide bonds. The van der Waals surface area contributed by atoms with Gasteiger partial charge in [0.25, 0.3) is 0 Å². The lowest BCUT2D eigenvalue weighted by Gasteiger charge is -2.42. The van der Waals surface area contributed by atoms with Crippen molar-refractivity contribution >= 4 is 24.3 Å². The molecule has 3 aliphatic rings. The average molecular weight is 622 g/mol. The van der Waals surface area contributed by atoms with Gasteiger partial charge in [0.1, 0.15) is 18.4 Å². The number of amides is 1. The summed E-state index contributed by atoms with van der Waals surface area (Å²) in [5.41, 5.74) is 19.5. The molecule has 5 rings (SSSR count). The molecular formula is C33H51N9O3. The smallest absolute Gasteiger partial charge is 0.248 e. The molecular weight excluding hydrogens is 570 g/mol. The number of hydrogen-bond donors (Lipinski definition) is 7. The largest absolute Gasteiger partial charge is 0.387 e. The summed E-state index contributed by atoms with van der Waals surface area (Å²) >= 11 is 0. The van der Waals surface area contributed by atoms with Crippen LogP contribution in [0.15, 0.2) is 36.4 Å². The first-order valence-electron chi connectivity index (χ1n) is 15.1. The third-order valence-corrected chi connectivity index (χ3v) is 8.70. The van der Waals surface area contributed by atoms with Gasteiger partial charge in [0.15, 0.2) is 0 Å². The maximum atomic E-state index is 11.7. The number of likely N-dealkylation sites (tertiary alicyclic amines) is 1. The summed E-state index contributed by atoms with van der Waals surface area (Å²) in [7, 11) is 3.57. The van der Waals surface area contributed by atoms with E-state index in [-0.39, 0.29) is 24.5 Å². The van der Waals surface area contributed by atoms with E-state index in [0.29, 0.717) is 24.0 Å². The Morgan fingerprint density at radius 1 is 1.13 bits per heavy atom. The van der Waals surface area contributed by atoms with Crippen molar-refractivity contribution in [3.05, 3.63) is 69.8 Å². The van der Waals surface area contributed by atoms with E-state index in [9.17, 15) is 14.4 Å². The highest BCUT2D eigenvalue weighted by molar-refractivity contribution is 5.97. The molecule has 0 spiro atoms. The third-order valence-electron chi connectivity index (χ3n) is 8.70. The molecule has 45 heavy (non-hydrogen) atoms. The molecule has 12 nitrogen and oxygen atoms in total. The van der Waals surface area contributed by atoms with Crippen molar-refractivity contribution in [2.45, 2.75) is 70.5 Å². The molecule has 0 bridgehead atoms. The zero-order valence-corrected chi connectivity index (χ0v) is 27.3. The number of piperidine rings is 1. The first kappa shape index (κ1) is 39.0. The van der Waals surface area contributed by atoms with Gasteiger partial charge in [-0.15, -0.1) is 0 Å². The Morgan fingerprint density at radius 3 is 2.18 bits per heavy atom. The number of nitrogens with one attached hydrogen (secondary N) is 2. The van der Waals surface area contributed by atoms with Crippen LogP contribution < -0.4 is 34.2 Å². The van der Waals surface area contributed by atoms with Gasteiger partial charge in [-0.05, 0) is 92.6 Å². The lowest BCUT2D eigenvalue weighted by Crippen LogP contribution is -2.49. The zero-order valence-electron chi connectivity index (χ0n) is 27.3. The van der Waals surface area contributed by atoms with Crippen molar-refractivity contribution in [3.8, 4) is 6.07 Å². The summed E-state index contributed by atoms with van der Waals surface area (Å²) in [5.74, 6) is 9.13. The Hall–Kier alpha value is -3.99. The number of nitrogens with zero attached hydrogens (tertiary/aromatic N) is 2. The third kappa shape index (κ3) is 8.39. The van der Waals surface area contributed by atoms with Crippen LogP contribution in [0.2, 0.25) is 0 Å². The number of nitrogens with two attached hydrogens (primary N) is 5. The molecule has 1 heterocycles. The van der Waals surface area contributed by atoms with Crippen LogP contribution in [0.5, 0.6) is 0 Å². The highest BCUT2D eigenvalue weighted by Gasteiger charge is 2.56. The molecule has 12 heteroatoms. The Morgan fingerprint density at radius 2 is 1.71 bits per heavy atom. The van der Waals surface area contributed by atoms with E-state index in [1.165, 1.54) is 7.05 Å². The Labute approximate surface area is 267 Å². The number of nitriles is 1. The predicted octanol–water partition coefficient (Wildman–Crippen LogP) is 1.56. The van der Waals surface area contributed by atoms with E-state index in [1.54, 1.807) is 30.3 Å². The minimum atomic E-state index is -0.949. The summed E-state index contributed by atoms with van der Waals surface area (Å²) < 4.78 is 0. The molecule has 246 valence electrons. The van der Waals surface area contributed by atoms with Crippen molar-refractivity contribution in [2.24, 2.45) is 40.7 Å². The number of rotatable bonds is 8. The molecule has 1 saturated carbocycles. The van der Waals surface area contributed by atoms with Crippen molar-refractivity contribution < 1.29 is 14.4 Å². The number of carbonyl (C=O) groups excluding carboxylic acids is 3. The van der Waals surface area contributed by atoms with Crippen LogP contribution in [0.4, 0.5) is 0 Å². The normalized spacial score (nSPS) is 23.7. The van der Waals surface area contributed by atoms with Crippen molar-refractivity contribution in [3.63, 3.8) is 0 Å². The van der Waals surface area contributed by atoms with E-state index in [4.69, 9.17) is 22.1 Å². The number of fused-ring (bicyclic) bond motifs is 3. The number of hydrazine groups is 1. The van der Waals surface area contributed by atoms with Gasteiger partial charge in [0, 0.05) is 23.2 Å². The second-order valence-electron chi connectivity index (χ2n) is 11.0. The molecule has 1 saturated heterocycles. The van der Waals surface area contributed by atoms with Crippen molar-refractivity contribution in [2.75, 3.05) is 20.6 Å². The van der Waals surface area contributed by atoms with Crippen LogP contribution >= 0.6 is 0 Å². The Balaban J connectivity index is 0.000000522. The molecule has 0 radical (unpaired) electrons. The Kier molecular flexibility index (Phi) is 15.7. The number of primary amides is 1. The van der Waals surface area contributed by atoms with E-state index >= 15 is 0 Å². The SMILES string of the molecule is CC.CC1C2CC(C#N)N(C)C12.CN.C[C@H](CC1(C(=N)N)c2ccc(C=O)cc2Cc2cc(C(N)=O)ccc21)NCC=O.NN. The number of benzene rings is 2. The number of amidine groups is 1. The minimum absolute atomic E-state index is 0.0369. The van der Waals surface area contributed by atoms with Gasteiger partial charge in [-0.1, -0.05) is 39.0 Å². The number of hydrogen-bond acceptors (Lipinski definition) is 10. The quantitative estimate of drug-likeness (QED) is 0.0737. The van der Waals surface area contributed by atoms with Gasteiger partial charge in [0.2, 0.25) is 5.91 Å². The van der Waals surface area contributed by atoms with Crippen molar-refractivity contribution in [1.82, 2.24) is 10.2 Å². The molecule has 6 atom stereocenters. The van der Waals surface area contributed by atoms with E-state index in [1.807, 2.05) is 26.8 Å². The second kappa shape index (κ2) is 18.1. The number of carbonyl (C=O) groups is 3. The summed E-state index contributed by atoms with van der Waals surface area (Å²) in [6.45, 7) is 8.40. The first-order chi connectivity index (χ1) is 21.6. The highest BCUT2D eigenvalue weighted by atomic mass is 16.1. The molecule has 5 unspecified atom stereocenters. The van der Waals surface area contributed by atoms with Crippen molar-refractivity contribution in [1.29, 1.82) is 10.7 Å². The van der Waals surface area contributed by atoms with E-state index in [0.717, 1.165) is 59.1 Å². The summed E-state index contributed by atoms with van der Waals surface area (Å²) in [4.78, 5) is 36.0. The van der Waals surface area contributed by atoms with E-state index < -0.39 is 11.3 Å². The maximum absolute atomic E-state index is 11.7. The average Bonchev–Trinajstić information content (AvgIpc) is 3.57. The zero-order chi connectivity index (χ0) is 34.5. The number of aldehydes is 2.